The van der Waals surface area contributed by atoms with Crippen LogP contribution in [0.3, 0.4) is 0 Å². The number of hydrogen-bond acceptors (Lipinski definition) is 5. The van der Waals surface area contributed by atoms with E-state index in [9.17, 15) is 4.79 Å². The fourth-order valence-electron chi connectivity index (χ4n) is 1.36. The predicted octanol–water partition coefficient (Wildman–Crippen LogP) is 4.09. The van der Waals surface area contributed by atoms with E-state index in [1.807, 2.05) is 0 Å². The van der Waals surface area contributed by atoms with Crippen LogP contribution in [0.1, 0.15) is 45.4 Å². The lowest BCUT2D eigenvalue weighted by molar-refractivity contribution is 0.183. The van der Waals surface area contributed by atoms with E-state index in [1.165, 1.54) is 39.9 Å². The molecule has 0 heterocycles. The van der Waals surface area contributed by atoms with E-state index in [0.717, 1.165) is 12.8 Å². The highest BCUT2D eigenvalue weighted by Gasteiger charge is 2.28. The van der Waals surface area contributed by atoms with Crippen LogP contribution >= 0.6 is 6.49 Å². The van der Waals surface area contributed by atoms with Crippen LogP contribution in [0.25, 0.3) is 0 Å². The standard InChI is InChI=1S/C11H23O4PS/c1-4-5-6-7-8-9-10-15-16(17,14-3)11(12)13-2/h4-10H2,1-3H3. The molecule has 6 heteroatoms. The van der Waals surface area contributed by atoms with Crippen LogP contribution in [0, 0.1) is 0 Å². The van der Waals surface area contributed by atoms with Crippen LogP contribution in [-0.4, -0.2) is 26.5 Å². The molecule has 0 radical (unpaired) electrons. The summed E-state index contributed by atoms with van der Waals surface area (Å²) in [5.41, 5.74) is -0.569. The molecule has 0 amide bonds. The Kier molecular flexibility index (Phi) is 10.0. The molecule has 4 nitrogen and oxygen atoms in total. The largest absolute Gasteiger partial charge is 0.462 e. The van der Waals surface area contributed by atoms with Gasteiger partial charge in [0, 0.05) is 7.11 Å². The summed E-state index contributed by atoms with van der Waals surface area (Å²) >= 11 is 5.04. The fraction of sp³-hybridized carbons (Fsp3) is 0.909. The first kappa shape index (κ1) is 17.0. The lowest BCUT2D eigenvalue weighted by Crippen LogP contribution is -2.05. The highest BCUT2D eigenvalue weighted by molar-refractivity contribution is 8.17. The van der Waals surface area contributed by atoms with E-state index < -0.39 is 12.2 Å². The second-order valence-electron chi connectivity index (χ2n) is 3.75. The van der Waals surface area contributed by atoms with Crippen molar-refractivity contribution in [3.05, 3.63) is 0 Å². The Bertz CT molecular complexity index is 258. The van der Waals surface area contributed by atoms with Gasteiger partial charge >= 0.3 is 5.71 Å². The first-order chi connectivity index (χ1) is 8.10. The molecule has 0 aromatic carbocycles. The minimum absolute atomic E-state index is 0.465. The van der Waals surface area contributed by atoms with E-state index in [0.29, 0.717) is 6.61 Å². The van der Waals surface area contributed by atoms with Gasteiger partial charge in [-0.25, -0.2) is 4.79 Å². The molecule has 0 bridgehead atoms. The van der Waals surface area contributed by atoms with Crippen molar-refractivity contribution in [1.82, 2.24) is 0 Å². The zero-order valence-corrected chi connectivity index (χ0v) is 12.6. The van der Waals surface area contributed by atoms with Crippen molar-refractivity contribution in [3.63, 3.8) is 0 Å². The first-order valence-corrected chi connectivity index (χ1v) is 8.63. The summed E-state index contributed by atoms with van der Waals surface area (Å²) in [7, 11) is 2.68. The summed E-state index contributed by atoms with van der Waals surface area (Å²) in [6, 6.07) is 0. The Hall–Kier alpha value is 0.0400. The SMILES string of the molecule is CCCCCCCCOP(=S)(OC)C(=O)OC. The predicted molar refractivity (Wildman–Crippen MR) is 73.0 cm³/mol. The van der Waals surface area contributed by atoms with Crippen molar-refractivity contribution in [2.24, 2.45) is 0 Å². The van der Waals surface area contributed by atoms with E-state index >= 15 is 0 Å². The second kappa shape index (κ2) is 10.0. The van der Waals surface area contributed by atoms with E-state index in [2.05, 4.69) is 11.7 Å². The van der Waals surface area contributed by atoms with Crippen molar-refractivity contribution in [3.8, 4) is 0 Å². The highest BCUT2D eigenvalue weighted by Crippen LogP contribution is 2.49. The molecule has 0 saturated carbocycles. The van der Waals surface area contributed by atoms with Gasteiger partial charge in [0.1, 0.15) is 0 Å². The quantitative estimate of drug-likeness (QED) is 0.446. The van der Waals surface area contributed by atoms with Crippen molar-refractivity contribution >= 4 is 24.0 Å². The molecule has 0 aliphatic heterocycles. The molecule has 0 spiro atoms. The Morgan fingerprint density at radius 2 is 1.71 bits per heavy atom. The summed E-state index contributed by atoms with van der Waals surface area (Å²) in [6.07, 6.45) is 6.97. The zero-order valence-electron chi connectivity index (χ0n) is 10.9. The van der Waals surface area contributed by atoms with Gasteiger partial charge < -0.3 is 13.8 Å². The number of rotatable bonds is 10. The molecule has 17 heavy (non-hydrogen) atoms. The molecule has 0 N–H and O–H groups in total. The lowest BCUT2D eigenvalue weighted by Gasteiger charge is -2.16. The maximum absolute atomic E-state index is 11.3. The third-order valence-corrected chi connectivity index (χ3v) is 5.24. The van der Waals surface area contributed by atoms with Crippen molar-refractivity contribution in [2.75, 3.05) is 20.8 Å². The highest BCUT2D eigenvalue weighted by atomic mass is 32.5. The molecular formula is C11H23O4PS. The monoisotopic (exact) mass is 282 g/mol. The first-order valence-electron chi connectivity index (χ1n) is 5.99. The van der Waals surface area contributed by atoms with Gasteiger partial charge in [0.2, 0.25) is 0 Å². The molecule has 0 aromatic heterocycles. The summed E-state index contributed by atoms with van der Waals surface area (Å²) in [5.74, 6) is 0. The maximum Gasteiger partial charge on any atom is 0.390 e. The average Bonchev–Trinajstić information content (AvgIpc) is 2.36. The fourth-order valence-corrected chi connectivity index (χ4v) is 2.76. The van der Waals surface area contributed by atoms with Gasteiger partial charge in [-0.3, -0.25) is 0 Å². The van der Waals surface area contributed by atoms with Crippen LogP contribution in [0.2, 0.25) is 0 Å². The second-order valence-corrected chi connectivity index (χ2v) is 7.18. The van der Waals surface area contributed by atoms with Gasteiger partial charge in [-0.1, -0.05) is 39.0 Å². The van der Waals surface area contributed by atoms with E-state index in [-0.39, 0.29) is 0 Å². The normalized spacial score (nSPS) is 14.3. The van der Waals surface area contributed by atoms with Gasteiger partial charge in [-0.2, -0.15) is 0 Å². The molecule has 0 rings (SSSR count). The summed E-state index contributed by atoms with van der Waals surface area (Å²) in [4.78, 5) is 11.3. The molecule has 0 fully saturated rings. The molecule has 0 saturated heterocycles. The van der Waals surface area contributed by atoms with Crippen LogP contribution in [0.15, 0.2) is 0 Å². The number of hydrogen-bond donors (Lipinski definition) is 0. The number of unbranched alkanes of at least 4 members (excludes halogenated alkanes) is 5. The van der Waals surface area contributed by atoms with Crippen LogP contribution in [-0.2, 0) is 25.6 Å². The van der Waals surface area contributed by atoms with E-state index in [1.54, 1.807) is 0 Å². The molecule has 1 atom stereocenters. The molecule has 1 unspecified atom stereocenters. The van der Waals surface area contributed by atoms with Gasteiger partial charge in [0.15, 0.2) is 0 Å². The molecule has 0 aromatic rings. The Labute approximate surface area is 109 Å². The van der Waals surface area contributed by atoms with Gasteiger partial charge in [-0.15, -0.1) is 0 Å². The molecular weight excluding hydrogens is 259 g/mol. The van der Waals surface area contributed by atoms with Crippen molar-refractivity contribution < 1.29 is 18.6 Å². The topological polar surface area (TPSA) is 44.8 Å². The molecule has 102 valence electrons. The van der Waals surface area contributed by atoms with Crippen LogP contribution in [0.5, 0.6) is 0 Å². The van der Waals surface area contributed by atoms with E-state index in [4.69, 9.17) is 20.9 Å². The zero-order chi connectivity index (χ0) is 13.1. The Balaban J connectivity index is 3.71. The number of methoxy groups -OCH3 is 1. The van der Waals surface area contributed by atoms with Crippen molar-refractivity contribution in [2.45, 2.75) is 45.4 Å². The van der Waals surface area contributed by atoms with Crippen molar-refractivity contribution in [1.29, 1.82) is 0 Å². The summed E-state index contributed by atoms with van der Waals surface area (Å²) < 4.78 is 14.9. The third-order valence-electron chi connectivity index (χ3n) is 2.40. The number of ether oxygens (including phenoxy) is 1. The smallest absolute Gasteiger partial charge is 0.390 e. The van der Waals surface area contributed by atoms with Gasteiger partial charge in [0.25, 0.3) is 6.49 Å². The van der Waals surface area contributed by atoms with Gasteiger partial charge in [0.05, 0.1) is 13.7 Å². The number of carbonyl (C=O) groups excluding carboxylic acids is 1. The summed E-state index contributed by atoms with van der Waals surface area (Å²) in [5, 5.41) is 0. The molecule has 0 aliphatic carbocycles. The third kappa shape index (κ3) is 7.14. The number of carbonyl (C=O) groups is 1. The Morgan fingerprint density at radius 1 is 1.12 bits per heavy atom. The molecule has 0 aliphatic rings. The van der Waals surface area contributed by atoms with Crippen LogP contribution < -0.4 is 0 Å². The maximum atomic E-state index is 11.3. The van der Waals surface area contributed by atoms with Crippen LogP contribution in [0.4, 0.5) is 4.79 Å². The Morgan fingerprint density at radius 3 is 2.24 bits per heavy atom. The van der Waals surface area contributed by atoms with Gasteiger partial charge in [-0.05, 0) is 18.2 Å². The lowest BCUT2D eigenvalue weighted by atomic mass is 10.1. The summed E-state index contributed by atoms with van der Waals surface area (Å²) in [6.45, 7) is -0.227. The minimum Gasteiger partial charge on any atom is -0.462 e. The minimum atomic E-state index is -2.88. The average molecular weight is 282 g/mol.